The van der Waals surface area contributed by atoms with Gasteiger partial charge in [-0.15, -0.1) is 0 Å². The first-order valence-corrected chi connectivity index (χ1v) is 6.56. The Kier molecular flexibility index (Phi) is 3.40. The highest BCUT2D eigenvalue weighted by molar-refractivity contribution is 6.42. The number of nitrogens with one attached hydrogen (secondary N) is 1. The Morgan fingerprint density at radius 2 is 1.89 bits per heavy atom. The number of halogens is 2. The van der Waals surface area contributed by atoms with E-state index in [2.05, 4.69) is 5.32 Å². The number of hydrogen-bond acceptors (Lipinski definition) is 3. The van der Waals surface area contributed by atoms with Crippen LogP contribution in [-0.4, -0.2) is 6.79 Å². The van der Waals surface area contributed by atoms with Crippen molar-refractivity contribution in [3.05, 3.63) is 52.0 Å². The Hall–Kier alpha value is -1.58. The van der Waals surface area contributed by atoms with Crippen molar-refractivity contribution in [2.45, 2.75) is 6.54 Å². The van der Waals surface area contributed by atoms with Crippen LogP contribution in [0.4, 0.5) is 5.69 Å². The fourth-order valence-electron chi connectivity index (χ4n) is 1.89. The van der Waals surface area contributed by atoms with Crippen LogP contribution in [0, 0.1) is 0 Å². The highest BCUT2D eigenvalue weighted by atomic mass is 35.5. The van der Waals surface area contributed by atoms with Gasteiger partial charge in [-0.2, -0.15) is 0 Å². The molecule has 0 aliphatic carbocycles. The monoisotopic (exact) mass is 295 g/mol. The van der Waals surface area contributed by atoms with Gasteiger partial charge >= 0.3 is 0 Å². The Labute approximate surface area is 121 Å². The number of anilines is 1. The molecular formula is C14H11Cl2NO2. The van der Waals surface area contributed by atoms with E-state index in [4.69, 9.17) is 32.7 Å². The summed E-state index contributed by atoms with van der Waals surface area (Å²) in [6.07, 6.45) is 0. The second kappa shape index (κ2) is 5.19. The number of rotatable bonds is 3. The molecule has 0 atom stereocenters. The number of ether oxygens (including phenoxy) is 2. The molecule has 5 heteroatoms. The van der Waals surface area contributed by atoms with Gasteiger partial charge in [-0.05, 0) is 23.8 Å². The van der Waals surface area contributed by atoms with E-state index in [0.717, 1.165) is 22.7 Å². The lowest BCUT2D eigenvalue weighted by Gasteiger charge is -2.09. The van der Waals surface area contributed by atoms with Gasteiger partial charge in [0.25, 0.3) is 0 Å². The minimum absolute atomic E-state index is 0.277. The number of benzene rings is 2. The van der Waals surface area contributed by atoms with Crippen LogP contribution in [0.1, 0.15) is 5.56 Å². The molecule has 1 aliphatic heterocycles. The molecule has 19 heavy (non-hydrogen) atoms. The van der Waals surface area contributed by atoms with Crippen LogP contribution >= 0.6 is 23.2 Å². The van der Waals surface area contributed by atoms with E-state index in [1.807, 2.05) is 30.3 Å². The van der Waals surface area contributed by atoms with Crippen LogP contribution in [0.25, 0.3) is 0 Å². The SMILES string of the molecule is Clc1cccc(CNc2ccc3c(c2)OCO3)c1Cl. The van der Waals surface area contributed by atoms with Crippen molar-refractivity contribution < 1.29 is 9.47 Å². The van der Waals surface area contributed by atoms with Crippen LogP contribution in [-0.2, 0) is 6.54 Å². The quantitative estimate of drug-likeness (QED) is 0.914. The zero-order chi connectivity index (χ0) is 13.2. The minimum atomic E-state index is 0.277. The summed E-state index contributed by atoms with van der Waals surface area (Å²) in [5.41, 5.74) is 1.90. The Morgan fingerprint density at radius 3 is 2.79 bits per heavy atom. The summed E-state index contributed by atoms with van der Waals surface area (Å²) in [7, 11) is 0. The molecule has 0 aromatic heterocycles. The van der Waals surface area contributed by atoms with Crippen LogP contribution < -0.4 is 14.8 Å². The summed E-state index contributed by atoms with van der Waals surface area (Å²) in [6, 6.07) is 11.3. The molecule has 0 amide bonds. The first-order valence-electron chi connectivity index (χ1n) is 5.80. The number of hydrogen-bond donors (Lipinski definition) is 1. The Bertz CT molecular complexity index is 616. The van der Waals surface area contributed by atoms with Crippen molar-refractivity contribution in [2.24, 2.45) is 0 Å². The molecule has 1 heterocycles. The van der Waals surface area contributed by atoms with E-state index in [-0.39, 0.29) is 6.79 Å². The maximum Gasteiger partial charge on any atom is 0.231 e. The molecule has 0 radical (unpaired) electrons. The average Bonchev–Trinajstić information content (AvgIpc) is 2.88. The lowest BCUT2D eigenvalue weighted by molar-refractivity contribution is 0.174. The van der Waals surface area contributed by atoms with Gasteiger partial charge in [0.15, 0.2) is 11.5 Å². The van der Waals surface area contributed by atoms with E-state index in [9.17, 15) is 0 Å². The van der Waals surface area contributed by atoms with Gasteiger partial charge in [0, 0.05) is 18.3 Å². The van der Waals surface area contributed by atoms with E-state index in [1.54, 1.807) is 6.07 Å². The van der Waals surface area contributed by atoms with Crippen LogP contribution in [0.15, 0.2) is 36.4 Å². The van der Waals surface area contributed by atoms with Crippen LogP contribution in [0.2, 0.25) is 10.0 Å². The van der Waals surface area contributed by atoms with Crippen molar-refractivity contribution in [1.82, 2.24) is 0 Å². The van der Waals surface area contributed by atoms with Crippen molar-refractivity contribution >= 4 is 28.9 Å². The maximum absolute atomic E-state index is 6.14. The summed E-state index contributed by atoms with van der Waals surface area (Å²) in [5.74, 6) is 1.52. The van der Waals surface area contributed by atoms with E-state index in [1.165, 1.54) is 0 Å². The first kappa shape index (κ1) is 12.5. The lowest BCUT2D eigenvalue weighted by atomic mass is 10.2. The molecule has 98 valence electrons. The van der Waals surface area contributed by atoms with Gasteiger partial charge in [0.05, 0.1) is 10.0 Å². The molecule has 0 fully saturated rings. The molecular weight excluding hydrogens is 285 g/mol. The summed E-state index contributed by atoms with van der Waals surface area (Å²) in [5, 5.41) is 4.42. The zero-order valence-electron chi connectivity index (χ0n) is 9.95. The van der Waals surface area contributed by atoms with E-state index in [0.29, 0.717) is 16.6 Å². The molecule has 2 aromatic carbocycles. The van der Waals surface area contributed by atoms with E-state index >= 15 is 0 Å². The van der Waals surface area contributed by atoms with Gasteiger partial charge in [-0.25, -0.2) is 0 Å². The maximum atomic E-state index is 6.14. The summed E-state index contributed by atoms with van der Waals surface area (Å²) < 4.78 is 10.6. The van der Waals surface area contributed by atoms with Gasteiger partial charge in [0.2, 0.25) is 6.79 Å². The standard InChI is InChI=1S/C14H11Cl2NO2/c15-11-3-1-2-9(14(11)16)7-17-10-4-5-12-13(6-10)19-8-18-12/h1-6,17H,7-8H2. The molecule has 0 spiro atoms. The van der Waals surface area contributed by atoms with Gasteiger partial charge in [-0.1, -0.05) is 35.3 Å². The van der Waals surface area contributed by atoms with Crippen LogP contribution in [0.3, 0.4) is 0 Å². The molecule has 2 aromatic rings. The zero-order valence-corrected chi connectivity index (χ0v) is 11.5. The summed E-state index contributed by atoms with van der Waals surface area (Å²) in [6.45, 7) is 0.873. The minimum Gasteiger partial charge on any atom is -0.454 e. The van der Waals surface area contributed by atoms with Gasteiger partial charge in [-0.3, -0.25) is 0 Å². The lowest BCUT2D eigenvalue weighted by Crippen LogP contribution is -2.00. The second-order valence-corrected chi connectivity index (χ2v) is 4.92. The van der Waals surface area contributed by atoms with Crippen molar-refractivity contribution in [3.63, 3.8) is 0 Å². The fourth-order valence-corrected chi connectivity index (χ4v) is 2.28. The van der Waals surface area contributed by atoms with Gasteiger partial charge < -0.3 is 14.8 Å². The largest absolute Gasteiger partial charge is 0.454 e. The molecule has 3 nitrogen and oxygen atoms in total. The molecule has 0 saturated heterocycles. The first-order chi connectivity index (χ1) is 9.24. The fraction of sp³-hybridized carbons (Fsp3) is 0.143. The smallest absolute Gasteiger partial charge is 0.231 e. The summed E-state index contributed by atoms with van der Waals surface area (Å²) >= 11 is 12.1. The third-order valence-corrected chi connectivity index (χ3v) is 3.75. The predicted molar refractivity (Wildman–Crippen MR) is 76.4 cm³/mol. The summed E-state index contributed by atoms with van der Waals surface area (Å²) in [4.78, 5) is 0. The van der Waals surface area contributed by atoms with E-state index < -0.39 is 0 Å². The Morgan fingerprint density at radius 1 is 1.05 bits per heavy atom. The van der Waals surface area contributed by atoms with Crippen LogP contribution in [0.5, 0.6) is 11.5 Å². The highest BCUT2D eigenvalue weighted by Gasteiger charge is 2.13. The third kappa shape index (κ3) is 2.57. The molecule has 3 rings (SSSR count). The Balaban J connectivity index is 1.74. The molecule has 0 saturated carbocycles. The van der Waals surface area contributed by atoms with Crippen molar-refractivity contribution in [2.75, 3.05) is 12.1 Å². The topological polar surface area (TPSA) is 30.5 Å². The molecule has 1 N–H and O–H groups in total. The molecule has 0 unspecified atom stereocenters. The van der Waals surface area contributed by atoms with Crippen molar-refractivity contribution in [1.29, 1.82) is 0 Å². The number of fused-ring (bicyclic) bond motifs is 1. The highest BCUT2D eigenvalue weighted by Crippen LogP contribution is 2.34. The normalized spacial score (nSPS) is 12.5. The van der Waals surface area contributed by atoms with Gasteiger partial charge in [0.1, 0.15) is 0 Å². The second-order valence-electron chi connectivity index (χ2n) is 4.13. The molecule has 0 bridgehead atoms. The predicted octanol–water partition coefficient (Wildman–Crippen LogP) is 4.33. The average molecular weight is 296 g/mol. The third-order valence-electron chi connectivity index (χ3n) is 2.89. The van der Waals surface area contributed by atoms with Crippen molar-refractivity contribution in [3.8, 4) is 11.5 Å². The molecule has 1 aliphatic rings.